The summed E-state index contributed by atoms with van der Waals surface area (Å²) in [6, 6.07) is 15.4. The van der Waals surface area contributed by atoms with Gasteiger partial charge < -0.3 is 20.5 Å². The van der Waals surface area contributed by atoms with Gasteiger partial charge in [0, 0.05) is 12.5 Å². The maximum Gasteiger partial charge on any atom is 0.408 e. The standard InChI is InChI=1S/C23H23F3N2O5/c1-22(2,20(31)27-11-18(19(29)30)23(24,25)26)28-21(32)33-12-17-15-9-5-3-7-13(15)14-8-4-6-10-16(14)17/h3-10,17-18H,11-12H2,1-2H3,(H,27,31)(H,28,32)(H,29,30). The highest BCUT2D eigenvalue weighted by Crippen LogP contribution is 2.44. The van der Waals surface area contributed by atoms with Crippen LogP contribution in [0.4, 0.5) is 18.0 Å². The number of benzene rings is 2. The lowest BCUT2D eigenvalue weighted by molar-refractivity contribution is -0.192. The van der Waals surface area contributed by atoms with Crippen LogP contribution in [0.15, 0.2) is 48.5 Å². The molecular weight excluding hydrogens is 441 g/mol. The van der Waals surface area contributed by atoms with Gasteiger partial charge in [0.25, 0.3) is 0 Å². The molecule has 0 bridgehead atoms. The van der Waals surface area contributed by atoms with E-state index in [1.165, 1.54) is 13.8 Å². The molecule has 0 fully saturated rings. The lowest BCUT2D eigenvalue weighted by Gasteiger charge is -2.26. The molecule has 1 atom stereocenters. The van der Waals surface area contributed by atoms with Crippen LogP contribution in [-0.2, 0) is 14.3 Å². The molecule has 3 N–H and O–H groups in total. The van der Waals surface area contributed by atoms with Crippen molar-refractivity contribution in [3.05, 3.63) is 59.7 Å². The van der Waals surface area contributed by atoms with Crippen molar-refractivity contribution in [1.82, 2.24) is 10.6 Å². The predicted octanol–water partition coefficient (Wildman–Crippen LogP) is 3.68. The van der Waals surface area contributed by atoms with Crippen LogP contribution in [0.3, 0.4) is 0 Å². The minimum atomic E-state index is -5.02. The van der Waals surface area contributed by atoms with Crippen molar-refractivity contribution in [3.63, 3.8) is 0 Å². The average Bonchev–Trinajstić information content (AvgIpc) is 3.04. The van der Waals surface area contributed by atoms with Crippen molar-refractivity contribution >= 4 is 18.0 Å². The number of alkyl halides is 3. The van der Waals surface area contributed by atoms with E-state index < -0.39 is 42.1 Å². The molecule has 0 aromatic heterocycles. The summed E-state index contributed by atoms with van der Waals surface area (Å²) in [6.45, 7) is 1.38. The first-order valence-corrected chi connectivity index (χ1v) is 10.1. The third kappa shape index (κ3) is 5.27. The highest BCUT2D eigenvalue weighted by atomic mass is 19.4. The number of carboxylic acids is 1. The van der Waals surface area contributed by atoms with Gasteiger partial charge in [-0.05, 0) is 36.1 Å². The Hall–Kier alpha value is -3.56. The molecule has 10 heteroatoms. The van der Waals surface area contributed by atoms with Crippen LogP contribution in [-0.4, -0.2) is 47.9 Å². The summed E-state index contributed by atoms with van der Waals surface area (Å²) in [6.07, 6.45) is -5.95. The Morgan fingerprint density at radius 2 is 1.52 bits per heavy atom. The van der Waals surface area contributed by atoms with Crippen LogP contribution in [0.2, 0.25) is 0 Å². The predicted molar refractivity (Wildman–Crippen MR) is 112 cm³/mol. The number of carbonyl (C=O) groups is 3. The summed E-state index contributed by atoms with van der Waals surface area (Å²) in [5.74, 6) is -6.05. The molecule has 0 spiro atoms. The minimum absolute atomic E-state index is 0.00722. The van der Waals surface area contributed by atoms with Crippen molar-refractivity contribution in [3.8, 4) is 11.1 Å². The Labute approximate surface area is 187 Å². The molecule has 33 heavy (non-hydrogen) atoms. The number of nitrogens with one attached hydrogen (secondary N) is 2. The Kier molecular flexibility index (Phi) is 6.66. The Morgan fingerprint density at radius 1 is 1.00 bits per heavy atom. The molecule has 0 saturated carbocycles. The van der Waals surface area contributed by atoms with E-state index in [0.29, 0.717) is 0 Å². The van der Waals surface area contributed by atoms with Crippen molar-refractivity contribution in [2.24, 2.45) is 5.92 Å². The monoisotopic (exact) mass is 464 g/mol. The number of ether oxygens (including phenoxy) is 1. The summed E-state index contributed by atoms with van der Waals surface area (Å²) in [5, 5.41) is 13.0. The Morgan fingerprint density at radius 3 is 2.00 bits per heavy atom. The molecule has 0 heterocycles. The fraction of sp³-hybridized carbons (Fsp3) is 0.348. The van der Waals surface area contributed by atoms with Crippen LogP contribution in [0.25, 0.3) is 11.1 Å². The topological polar surface area (TPSA) is 105 Å². The summed E-state index contributed by atoms with van der Waals surface area (Å²) in [5.41, 5.74) is 2.43. The number of carbonyl (C=O) groups excluding carboxylic acids is 2. The van der Waals surface area contributed by atoms with Gasteiger partial charge >= 0.3 is 18.2 Å². The lowest BCUT2D eigenvalue weighted by Crippen LogP contribution is -2.56. The summed E-state index contributed by atoms with van der Waals surface area (Å²) < 4.78 is 43.6. The van der Waals surface area contributed by atoms with Crippen molar-refractivity contribution in [2.75, 3.05) is 13.2 Å². The van der Waals surface area contributed by atoms with Gasteiger partial charge in [-0.2, -0.15) is 13.2 Å². The second-order valence-electron chi connectivity index (χ2n) is 8.22. The van der Waals surface area contributed by atoms with Gasteiger partial charge in [0.2, 0.25) is 5.91 Å². The quantitative estimate of drug-likeness (QED) is 0.580. The normalized spacial score (nSPS) is 14.1. The van der Waals surface area contributed by atoms with Gasteiger partial charge in [-0.3, -0.25) is 9.59 Å². The first kappa shape index (κ1) is 24.1. The van der Waals surface area contributed by atoms with Gasteiger partial charge in [0.05, 0.1) is 0 Å². The summed E-state index contributed by atoms with van der Waals surface area (Å²) >= 11 is 0. The zero-order valence-electron chi connectivity index (χ0n) is 17.9. The number of rotatable bonds is 7. The van der Waals surface area contributed by atoms with Gasteiger partial charge in [0.15, 0.2) is 5.92 Å². The minimum Gasteiger partial charge on any atom is -0.481 e. The molecule has 2 aromatic carbocycles. The maximum atomic E-state index is 12.8. The zero-order chi connectivity index (χ0) is 24.4. The Balaban J connectivity index is 1.60. The molecule has 1 unspecified atom stereocenters. The van der Waals surface area contributed by atoms with Crippen LogP contribution in [0.5, 0.6) is 0 Å². The van der Waals surface area contributed by atoms with E-state index in [4.69, 9.17) is 9.84 Å². The van der Waals surface area contributed by atoms with Gasteiger partial charge in [-0.15, -0.1) is 0 Å². The molecule has 2 amide bonds. The van der Waals surface area contributed by atoms with E-state index in [-0.39, 0.29) is 12.5 Å². The number of hydrogen-bond donors (Lipinski definition) is 3. The second kappa shape index (κ2) is 9.13. The highest BCUT2D eigenvalue weighted by molar-refractivity contribution is 5.89. The number of fused-ring (bicyclic) bond motifs is 3. The van der Waals surface area contributed by atoms with Crippen LogP contribution >= 0.6 is 0 Å². The SMILES string of the molecule is CC(C)(NC(=O)OCC1c2ccccc2-c2ccccc21)C(=O)NCC(C(=O)O)C(F)(F)F. The van der Waals surface area contributed by atoms with Crippen molar-refractivity contribution in [1.29, 1.82) is 0 Å². The second-order valence-corrected chi connectivity index (χ2v) is 8.22. The zero-order valence-corrected chi connectivity index (χ0v) is 17.9. The smallest absolute Gasteiger partial charge is 0.408 e. The van der Waals surface area contributed by atoms with Gasteiger partial charge in [-0.25, -0.2) is 4.79 Å². The molecule has 0 radical (unpaired) electrons. The molecule has 7 nitrogen and oxygen atoms in total. The van der Waals surface area contributed by atoms with Crippen LogP contribution in [0, 0.1) is 5.92 Å². The molecule has 0 saturated heterocycles. The van der Waals surface area contributed by atoms with Gasteiger partial charge in [0.1, 0.15) is 12.1 Å². The molecule has 176 valence electrons. The molecule has 2 aromatic rings. The fourth-order valence-corrected chi connectivity index (χ4v) is 3.71. The lowest BCUT2D eigenvalue weighted by atomic mass is 9.98. The molecular formula is C23H23F3N2O5. The van der Waals surface area contributed by atoms with E-state index in [9.17, 15) is 27.6 Å². The molecule has 0 aliphatic heterocycles. The fourth-order valence-electron chi connectivity index (χ4n) is 3.71. The third-order valence-electron chi connectivity index (χ3n) is 5.49. The van der Waals surface area contributed by atoms with E-state index in [1.54, 1.807) is 0 Å². The van der Waals surface area contributed by atoms with E-state index in [1.807, 2.05) is 53.8 Å². The van der Waals surface area contributed by atoms with E-state index in [2.05, 4.69) is 5.32 Å². The number of amides is 2. The number of halogens is 3. The largest absolute Gasteiger partial charge is 0.481 e. The van der Waals surface area contributed by atoms with E-state index >= 15 is 0 Å². The van der Waals surface area contributed by atoms with Crippen molar-refractivity contribution < 1.29 is 37.4 Å². The van der Waals surface area contributed by atoms with E-state index in [0.717, 1.165) is 22.3 Å². The average molecular weight is 464 g/mol. The number of carboxylic acid groups (broad SMARTS) is 1. The third-order valence-corrected chi connectivity index (χ3v) is 5.49. The molecule has 3 rings (SSSR count). The number of alkyl carbamates (subject to hydrolysis) is 1. The Bertz CT molecular complexity index is 1020. The first-order valence-electron chi connectivity index (χ1n) is 10.1. The van der Waals surface area contributed by atoms with Crippen molar-refractivity contribution in [2.45, 2.75) is 31.5 Å². The van der Waals surface area contributed by atoms with Gasteiger partial charge in [-0.1, -0.05) is 48.5 Å². The maximum absolute atomic E-state index is 12.8. The summed E-state index contributed by atoms with van der Waals surface area (Å²) in [4.78, 5) is 35.5. The number of hydrogen-bond acceptors (Lipinski definition) is 4. The number of aliphatic carboxylic acids is 1. The molecule has 1 aliphatic rings. The van der Waals surface area contributed by atoms with Crippen LogP contribution < -0.4 is 10.6 Å². The first-order chi connectivity index (χ1) is 15.4. The molecule has 1 aliphatic carbocycles. The highest BCUT2D eigenvalue weighted by Gasteiger charge is 2.45. The summed E-state index contributed by atoms with van der Waals surface area (Å²) in [7, 11) is 0. The van der Waals surface area contributed by atoms with Crippen LogP contribution in [0.1, 0.15) is 30.9 Å².